The zero-order valence-corrected chi connectivity index (χ0v) is 6.85. The molecule has 0 amide bonds. The molecule has 1 radical (unpaired) electrons. The number of hydrogen-bond acceptors (Lipinski definition) is 0. The van der Waals surface area contributed by atoms with Gasteiger partial charge >= 0.3 is 0 Å². The van der Waals surface area contributed by atoms with E-state index in [0.29, 0.717) is 0 Å². The van der Waals surface area contributed by atoms with Gasteiger partial charge in [-0.2, -0.15) is 5.92 Å². The molecule has 0 aromatic carbocycles. The van der Waals surface area contributed by atoms with Gasteiger partial charge in [0.25, 0.3) is 0 Å². The summed E-state index contributed by atoms with van der Waals surface area (Å²) in [6.45, 7) is 10.5. The van der Waals surface area contributed by atoms with Gasteiger partial charge in [0.2, 0.25) is 0 Å². The van der Waals surface area contributed by atoms with Crippen LogP contribution < -0.4 is 0 Å². The van der Waals surface area contributed by atoms with Crippen LogP contribution in [0, 0.1) is 19.4 Å². The number of hydrogen-bond donors (Lipinski definition) is 0. The molecule has 0 saturated carbocycles. The maximum absolute atomic E-state index is 4.98. The summed E-state index contributed by atoms with van der Waals surface area (Å²) in [6.07, 6.45) is 1.56. The standard InChI is InChI=1S/C5H8.Y/c1-4-5(2)3;/h1,4-5H,2H2,3H3;/q-2;. The molecule has 0 aromatic rings. The Labute approximate surface area is 64.9 Å². The quantitative estimate of drug-likeness (QED) is 0.505. The summed E-state index contributed by atoms with van der Waals surface area (Å²) in [4.78, 5) is 0. The second kappa shape index (κ2) is 5.84. The van der Waals surface area contributed by atoms with E-state index in [4.69, 9.17) is 6.58 Å². The molecule has 0 saturated heterocycles. The molecule has 0 heterocycles. The summed E-state index contributed by atoms with van der Waals surface area (Å²) in [7, 11) is 0. The Morgan fingerprint density at radius 1 is 1.83 bits per heavy atom. The largest absolute Gasteiger partial charge is 0.520 e. The molecule has 1 unspecified atom stereocenters. The van der Waals surface area contributed by atoms with Crippen LogP contribution in [0.25, 0.3) is 0 Å². The first-order valence-electron chi connectivity index (χ1n) is 1.65. The fourth-order valence-electron chi connectivity index (χ4n) is 0. The van der Waals surface area contributed by atoms with Crippen molar-refractivity contribution < 1.29 is 32.7 Å². The minimum Gasteiger partial charge on any atom is -0.520 e. The summed E-state index contributed by atoms with van der Waals surface area (Å²) in [6, 6.07) is 0. The molecule has 0 aromatic heterocycles. The molecular formula is C5H8Y-2. The topological polar surface area (TPSA) is 0 Å². The summed E-state index contributed by atoms with van der Waals surface area (Å²) in [5.74, 6) is 0.287. The summed E-state index contributed by atoms with van der Waals surface area (Å²) >= 11 is 0. The predicted octanol–water partition coefficient (Wildman–Crippen LogP) is 1.44. The van der Waals surface area contributed by atoms with E-state index >= 15 is 0 Å². The van der Waals surface area contributed by atoms with Crippen molar-refractivity contribution in [3.05, 3.63) is 19.6 Å². The third-order valence-electron chi connectivity index (χ3n) is 0.329. The normalized spacial score (nSPS) is 11.7. The number of allylic oxidation sites excluding steroid dienone is 1. The molecule has 33 valence electrons. The summed E-state index contributed by atoms with van der Waals surface area (Å²) < 4.78 is 0. The molecule has 1 atom stereocenters. The Hall–Kier alpha value is 0.844. The molecule has 0 N–H and O–H groups in total. The third-order valence-corrected chi connectivity index (χ3v) is 0.329. The van der Waals surface area contributed by atoms with Crippen molar-refractivity contribution in [2.45, 2.75) is 6.92 Å². The molecular weight excluding hydrogens is 149 g/mol. The third kappa shape index (κ3) is 8.85. The van der Waals surface area contributed by atoms with Crippen LogP contribution >= 0.6 is 0 Å². The van der Waals surface area contributed by atoms with Gasteiger partial charge in [0.15, 0.2) is 0 Å². The molecule has 0 aliphatic rings. The molecule has 0 bridgehead atoms. The molecule has 0 aliphatic heterocycles. The maximum Gasteiger partial charge on any atom is 0 e. The van der Waals surface area contributed by atoms with Gasteiger partial charge in [0, 0.05) is 32.7 Å². The van der Waals surface area contributed by atoms with Gasteiger partial charge in [0.1, 0.15) is 0 Å². The van der Waals surface area contributed by atoms with Crippen LogP contribution in [0.15, 0.2) is 6.08 Å². The van der Waals surface area contributed by atoms with E-state index in [1.54, 1.807) is 6.08 Å². The van der Waals surface area contributed by atoms with Crippen LogP contribution in [0.1, 0.15) is 6.92 Å². The second-order valence-corrected chi connectivity index (χ2v) is 1.17. The predicted molar refractivity (Wildman–Crippen MR) is 23.4 cm³/mol. The van der Waals surface area contributed by atoms with Gasteiger partial charge in [-0.05, 0) is 0 Å². The van der Waals surface area contributed by atoms with E-state index in [1.807, 2.05) is 6.92 Å². The van der Waals surface area contributed by atoms with E-state index < -0.39 is 0 Å². The van der Waals surface area contributed by atoms with Gasteiger partial charge in [-0.1, -0.05) is 6.92 Å². The fourth-order valence-corrected chi connectivity index (χ4v) is 0. The molecule has 0 spiro atoms. The average Bonchev–Trinajstić information content (AvgIpc) is 1.38. The Bertz CT molecular complexity index is 30.9. The van der Waals surface area contributed by atoms with E-state index in [1.165, 1.54) is 0 Å². The van der Waals surface area contributed by atoms with E-state index in [9.17, 15) is 0 Å². The Kier molecular flexibility index (Phi) is 9.70. The Morgan fingerprint density at radius 2 is 2.00 bits per heavy atom. The first-order valence-corrected chi connectivity index (χ1v) is 1.65. The minimum atomic E-state index is 0. The van der Waals surface area contributed by atoms with Crippen LogP contribution in [-0.4, -0.2) is 0 Å². The van der Waals surface area contributed by atoms with E-state index in [0.717, 1.165) is 0 Å². The SMILES string of the molecule is [CH-]=CC([CH2-])C.[Y]. The second-order valence-electron chi connectivity index (χ2n) is 1.17. The molecule has 0 aliphatic carbocycles. The van der Waals surface area contributed by atoms with Crippen molar-refractivity contribution in [2.75, 3.05) is 0 Å². The van der Waals surface area contributed by atoms with E-state index in [2.05, 4.69) is 6.92 Å². The molecule has 0 fully saturated rings. The average molecular weight is 157 g/mol. The van der Waals surface area contributed by atoms with Crippen molar-refractivity contribution in [3.8, 4) is 0 Å². The molecule has 6 heavy (non-hydrogen) atoms. The van der Waals surface area contributed by atoms with Crippen LogP contribution in [-0.2, 0) is 32.7 Å². The van der Waals surface area contributed by atoms with Crippen molar-refractivity contribution in [3.63, 3.8) is 0 Å². The molecule has 0 rings (SSSR count). The first-order chi connectivity index (χ1) is 2.27. The van der Waals surface area contributed by atoms with Gasteiger partial charge in [-0.15, -0.1) is 0 Å². The summed E-state index contributed by atoms with van der Waals surface area (Å²) in [5, 5.41) is 0. The van der Waals surface area contributed by atoms with E-state index in [-0.39, 0.29) is 38.6 Å². The zero-order valence-electron chi connectivity index (χ0n) is 4.02. The Morgan fingerprint density at radius 3 is 2.00 bits per heavy atom. The first kappa shape index (κ1) is 9.96. The number of rotatable bonds is 1. The van der Waals surface area contributed by atoms with Crippen LogP contribution in [0.2, 0.25) is 0 Å². The monoisotopic (exact) mass is 157 g/mol. The van der Waals surface area contributed by atoms with Crippen LogP contribution in [0.3, 0.4) is 0 Å². The maximum atomic E-state index is 4.98. The van der Waals surface area contributed by atoms with Gasteiger partial charge < -0.3 is 13.5 Å². The van der Waals surface area contributed by atoms with Crippen molar-refractivity contribution >= 4 is 0 Å². The van der Waals surface area contributed by atoms with Gasteiger partial charge in [-0.3, -0.25) is 6.08 Å². The van der Waals surface area contributed by atoms with Crippen LogP contribution in [0.5, 0.6) is 0 Å². The molecule has 0 nitrogen and oxygen atoms in total. The van der Waals surface area contributed by atoms with Crippen molar-refractivity contribution in [1.29, 1.82) is 0 Å². The fraction of sp³-hybridized carbons (Fsp3) is 0.400. The Balaban J connectivity index is 0. The smallest absolute Gasteiger partial charge is 0 e. The van der Waals surface area contributed by atoms with Gasteiger partial charge in [0.05, 0.1) is 0 Å². The van der Waals surface area contributed by atoms with Gasteiger partial charge in [-0.25, -0.2) is 0 Å². The van der Waals surface area contributed by atoms with Crippen molar-refractivity contribution in [2.24, 2.45) is 5.92 Å². The minimum absolute atomic E-state index is 0. The van der Waals surface area contributed by atoms with Crippen molar-refractivity contribution in [1.82, 2.24) is 0 Å². The summed E-state index contributed by atoms with van der Waals surface area (Å²) in [5.41, 5.74) is 0. The molecule has 1 heteroatoms. The van der Waals surface area contributed by atoms with Crippen LogP contribution in [0.4, 0.5) is 0 Å². The zero-order chi connectivity index (χ0) is 4.28.